The molecule has 0 saturated heterocycles. The Bertz CT molecular complexity index is 321. The van der Waals surface area contributed by atoms with Crippen molar-refractivity contribution in [1.82, 2.24) is 0 Å². The first-order valence-corrected chi connectivity index (χ1v) is 5.96. The van der Waals surface area contributed by atoms with Gasteiger partial charge in [0, 0.05) is 0 Å². The second-order valence-corrected chi connectivity index (χ2v) is 4.29. The summed E-state index contributed by atoms with van der Waals surface area (Å²) in [4.78, 5) is 4.58. The predicted molar refractivity (Wildman–Crippen MR) is 63.2 cm³/mol. The lowest BCUT2D eigenvalue weighted by Gasteiger charge is -2.13. The minimum absolute atomic E-state index is 0.418. The molecular weight excluding hydrogens is 202 g/mol. The fourth-order valence-electron chi connectivity index (χ4n) is 2.15. The molecular formula is C13H19NO2. The molecule has 16 heavy (non-hydrogen) atoms. The Kier molecular flexibility index (Phi) is 4.19. The third-order valence-electron chi connectivity index (χ3n) is 3.01. The fourth-order valence-corrected chi connectivity index (χ4v) is 2.15. The quantitative estimate of drug-likeness (QED) is 0.777. The highest BCUT2D eigenvalue weighted by Gasteiger charge is 2.16. The van der Waals surface area contributed by atoms with E-state index in [2.05, 4.69) is 17.0 Å². The molecule has 0 aliphatic heterocycles. The average molecular weight is 221 g/mol. The zero-order valence-corrected chi connectivity index (χ0v) is 9.52. The van der Waals surface area contributed by atoms with Crippen molar-refractivity contribution in [2.45, 2.75) is 38.2 Å². The molecule has 1 aliphatic rings. The highest BCUT2D eigenvalue weighted by atomic mass is 16.6. The van der Waals surface area contributed by atoms with Crippen LogP contribution in [0.3, 0.4) is 0 Å². The lowest BCUT2D eigenvalue weighted by molar-refractivity contribution is 0.141. The second-order valence-electron chi connectivity index (χ2n) is 4.29. The van der Waals surface area contributed by atoms with Gasteiger partial charge in [-0.25, -0.2) is 5.90 Å². The average Bonchev–Trinajstić information content (AvgIpc) is 2.80. The number of hydrogen-bond donors (Lipinski definition) is 1. The zero-order valence-electron chi connectivity index (χ0n) is 9.52. The van der Waals surface area contributed by atoms with Crippen LogP contribution in [0.4, 0.5) is 0 Å². The Morgan fingerprint density at radius 2 is 2.06 bits per heavy atom. The maximum atomic E-state index is 5.92. The molecule has 1 aliphatic carbocycles. The Morgan fingerprint density at radius 3 is 2.81 bits per heavy atom. The first-order chi connectivity index (χ1) is 7.88. The van der Waals surface area contributed by atoms with Crippen LogP contribution in [0.5, 0.6) is 5.75 Å². The molecule has 0 heterocycles. The molecule has 1 fully saturated rings. The number of nitrogens with two attached hydrogens (primary N) is 1. The molecule has 1 aromatic carbocycles. The smallest absolute Gasteiger partial charge is 0.119 e. The SMILES string of the molecule is NOCCc1cccc(OC2CCCC2)c1. The number of hydrogen-bond acceptors (Lipinski definition) is 3. The van der Waals surface area contributed by atoms with Gasteiger partial charge in [0.25, 0.3) is 0 Å². The fraction of sp³-hybridized carbons (Fsp3) is 0.538. The van der Waals surface area contributed by atoms with Crippen molar-refractivity contribution in [1.29, 1.82) is 0 Å². The molecule has 0 aromatic heterocycles. The molecule has 0 amide bonds. The molecule has 0 atom stereocenters. The molecule has 0 radical (unpaired) electrons. The minimum atomic E-state index is 0.418. The van der Waals surface area contributed by atoms with Crippen molar-refractivity contribution < 1.29 is 9.57 Å². The summed E-state index contributed by atoms with van der Waals surface area (Å²) in [5.74, 6) is 5.99. The van der Waals surface area contributed by atoms with Gasteiger partial charge in [-0.1, -0.05) is 12.1 Å². The van der Waals surface area contributed by atoms with Crippen LogP contribution in [0, 0.1) is 0 Å². The maximum absolute atomic E-state index is 5.92. The zero-order chi connectivity index (χ0) is 11.2. The van der Waals surface area contributed by atoms with Crippen LogP contribution in [-0.4, -0.2) is 12.7 Å². The van der Waals surface area contributed by atoms with Gasteiger partial charge in [0.05, 0.1) is 12.7 Å². The van der Waals surface area contributed by atoms with Crippen LogP contribution in [-0.2, 0) is 11.3 Å². The van der Waals surface area contributed by atoms with Crippen LogP contribution in [0.15, 0.2) is 24.3 Å². The molecule has 3 heteroatoms. The number of rotatable bonds is 5. The highest BCUT2D eigenvalue weighted by molar-refractivity contribution is 5.28. The molecule has 2 N–H and O–H groups in total. The standard InChI is InChI=1S/C13H19NO2/c14-15-9-8-11-4-3-7-13(10-11)16-12-5-1-2-6-12/h3-4,7,10,12H,1-2,5-6,8-9,14H2. The molecule has 88 valence electrons. The van der Waals surface area contributed by atoms with Crippen LogP contribution in [0.25, 0.3) is 0 Å². The Balaban J connectivity index is 1.92. The van der Waals surface area contributed by atoms with E-state index in [1.165, 1.54) is 31.2 Å². The Labute approximate surface area is 96.5 Å². The first kappa shape index (κ1) is 11.4. The third kappa shape index (κ3) is 3.22. The molecule has 1 saturated carbocycles. The number of ether oxygens (including phenoxy) is 1. The van der Waals surface area contributed by atoms with Gasteiger partial charge in [0.1, 0.15) is 5.75 Å². The largest absolute Gasteiger partial charge is 0.490 e. The normalized spacial score (nSPS) is 16.6. The van der Waals surface area contributed by atoms with E-state index in [0.717, 1.165) is 12.2 Å². The van der Waals surface area contributed by atoms with Gasteiger partial charge in [-0.3, -0.25) is 0 Å². The van der Waals surface area contributed by atoms with E-state index in [1.807, 2.05) is 12.1 Å². The van der Waals surface area contributed by atoms with Gasteiger partial charge in [-0.15, -0.1) is 0 Å². The maximum Gasteiger partial charge on any atom is 0.119 e. The Hall–Kier alpha value is -1.06. The summed E-state index contributed by atoms with van der Waals surface area (Å²) in [6.07, 6.45) is 6.22. The molecule has 3 nitrogen and oxygen atoms in total. The highest BCUT2D eigenvalue weighted by Crippen LogP contribution is 2.24. The molecule has 0 bridgehead atoms. The van der Waals surface area contributed by atoms with E-state index in [4.69, 9.17) is 10.6 Å². The molecule has 2 rings (SSSR count). The van der Waals surface area contributed by atoms with E-state index < -0.39 is 0 Å². The van der Waals surface area contributed by atoms with Crippen molar-refractivity contribution in [3.05, 3.63) is 29.8 Å². The van der Waals surface area contributed by atoms with Gasteiger partial charge in [0.2, 0.25) is 0 Å². The van der Waals surface area contributed by atoms with Crippen molar-refractivity contribution >= 4 is 0 Å². The Morgan fingerprint density at radius 1 is 1.25 bits per heavy atom. The summed E-state index contributed by atoms with van der Waals surface area (Å²) >= 11 is 0. The molecule has 1 aromatic rings. The molecule has 0 spiro atoms. The summed E-state index contributed by atoms with van der Waals surface area (Å²) in [6, 6.07) is 8.19. The van der Waals surface area contributed by atoms with Crippen molar-refractivity contribution in [2.75, 3.05) is 6.61 Å². The van der Waals surface area contributed by atoms with E-state index in [1.54, 1.807) is 0 Å². The summed E-state index contributed by atoms with van der Waals surface area (Å²) in [5, 5.41) is 0. The van der Waals surface area contributed by atoms with Crippen LogP contribution in [0.2, 0.25) is 0 Å². The van der Waals surface area contributed by atoms with E-state index in [-0.39, 0.29) is 0 Å². The van der Waals surface area contributed by atoms with Crippen LogP contribution >= 0.6 is 0 Å². The predicted octanol–water partition coefficient (Wildman–Crippen LogP) is 2.44. The van der Waals surface area contributed by atoms with Gasteiger partial charge >= 0.3 is 0 Å². The van der Waals surface area contributed by atoms with Crippen LogP contribution < -0.4 is 10.6 Å². The van der Waals surface area contributed by atoms with Gasteiger partial charge in [0.15, 0.2) is 0 Å². The van der Waals surface area contributed by atoms with Gasteiger partial charge < -0.3 is 9.57 Å². The van der Waals surface area contributed by atoms with Crippen molar-refractivity contribution in [2.24, 2.45) is 5.90 Å². The van der Waals surface area contributed by atoms with E-state index in [9.17, 15) is 0 Å². The van der Waals surface area contributed by atoms with E-state index >= 15 is 0 Å². The van der Waals surface area contributed by atoms with Crippen LogP contribution in [0.1, 0.15) is 31.2 Å². The van der Waals surface area contributed by atoms with Crippen molar-refractivity contribution in [3.8, 4) is 5.75 Å². The first-order valence-electron chi connectivity index (χ1n) is 5.96. The van der Waals surface area contributed by atoms with Crippen molar-refractivity contribution in [3.63, 3.8) is 0 Å². The summed E-state index contributed by atoms with van der Waals surface area (Å²) in [5.41, 5.74) is 1.21. The lowest BCUT2D eigenvalue weighted by Crippen LogP contribution is -2.11. The topological polar surface area (TPSA) is 44.5 Å². The summed E-state index contributed by atoms with van der Waals surface area (Å²) in [6.45, 7) is 0.548. The minimum Gasteiger partial charge on any atom is -0.490 e. The lowest BCUT2D eigenvalue weighted by atomic mass is 10.1. The third-order valence-corrected chi connectivity index (χ3v) is 3.01. The monoisotopic (exact) mass is 221 g/mol. The number of benzene rings is 1. The van der Waals surface area contributed by atoms with Gasteiger partial charge in [-0.05, 0) is 49.8 Å². The second kappa shape index (κ2) is 5.87. The van der Waals surface area contributed by atoms with Gasteiger partial charge in [-0.2, -0.15) is 0 Å². The van der Waals surface area contributed by atoms with E-state index in [0.29, 0.717) is 12.7 Å². The molecule has 0 unspecified atom stereocenters. The summed E-state index contributed by atoms with van der Waals surface area (Å²) < 4.78 is 5.92. The summed E-state index contributed by atoms with van der Waals surface area (Å²) in [7, 11) is 0.